The van der Waals surface area contributed by atoms with E-state index in [1.54, 1.807) is 21.3 Å². The fraction of sp³-hybridized carbons (Fsp3) is 0.429. The molecule has 2 aliphatic carbocycles. The molecule has 2 aliphatic rings. The normalized spacial score (nSPS) is 18.3. The molecule has 0 saturated heterocycles. The van der Waals surface area contributed by atoms with Gasteiger partial charge in [0.2, 0.25) is 0 Å². The van der Waals surface area contributed by atoms with E-state index >= 15 is 0 Å². The molecule has 0 bridgehead atoms. The van der Waals surface area contributed by atoms with E-state index in [0.717, 1.165) is 9.66 Å². The summed E-state index contributed by atoms with van der Waals surface area (Å²) in [5, 5.41) is 1.03. The van der Waals surface area contributed by atoms with E-state index < -0.39 is 8.80 Å². The molecule has 0 aliphatic heterocycles. The molecule has 0 saturated carbocycles. The van der Waals surface area contributed by atoms with Crippen LogP contribution in [-0.2, 0) is 24.1 Å². The van der Waals surface area contributed by atoms with Crippen molar-refractivity contribution in [2.24, 2.45) is 0 Å². The molecular formula is C21H25BrO3Si. The first-order valence-corrected chi connectivity index (χ1v) is 11.4. The first kappa shape index (κ1) is 18.4. The quantitative estimate of drug-likeness (QED) is 0.666. The lowest BCUT2D eigenvalue weighted by Crippen LogP contribution is -2.55. The van der Waals surface area contributed by atoms with Crippen LogP contribution in [0.1, 0.15) is 49.9 Å². The monoisotopic (exact) mass is 432 g/mol. The van der Waals surface area contributed by atoms with E-state index in [-0.39, 0.29) is 10.8 Å². The van der Waals surface area contributed by atoms with Gasteiger partial charge in [-0.1, -0.05) is 55.8 Å². The molecule has 0 fully saturated rings. The van der Waals surface area contributed by atoms with Crippen LogP contribution >= 0.6 is 15.9 Å². The Morgan fingerprint density at radius 1 is 0.692 bits per heavy atom. The van der Waals surface area contributed by atoms with Crippen LogP contribution in [0, 0.1) is 0 Å². The van der Waals surface area contributed by atoms with Crippen molar-refractivity contribution < 1.29 is 13.3 Å². The lowest BCUT2D eigenvalue weighted by atomic mass is 9.75. The van der Waals surface area contributed by atoms with E-state index in [2.05, 4.69) is 67.9 Å². The Bertz CT molecular complexity index is 863. The zero-order valence-electron chi connectivity index (χ0n) is 16.4. The van der Waals surface area contributed by atoms with E-state index in [1.165, 1.54) is 33.4 Å². The minimum absolute atomic E-state index is 0.0696. The van der Waals surface area contributed by atoms with Crippen molar-refractivity contribution >= 4 is 29.9 Å². The number of hydrogen-bond donors (Lipinski definition) is 0. The summed E-state index contributed by atoms with van der Waals surface area (Å²) in [6, 6.07) is 9.05. The third-order valence-corrected chi connectivity index (χ3v) is 9.41. The topological polar surface area (TPSA) is 27.7 Å². The van der Waals surface area contributed by atoms with Gasteiger partial charge in [0.15, 0.2) is 0 Å². The van der Waals surface area contributed by atoms with E-state index in [1.807, 2.05) is 0 Å². The maximum absolute atomic E-state index is 5.79. The summed E-state index contributed by atoms with van der Waals surface area (Å²) in [6.45, 7) is 9.20. The highest BCUT2D eigenvalue weighted by molar-refractivity contribution is 9.10. The van der Waals surface area contributed by atoms with Crippen molar-refractivity contribution in [3.63, 3.8) is 0 Å². The van der Waals surface area contributed by atoms with Gasteiger partial charge in [-0.15, -0.1) is 0 Å². The van der Waals surface area contributed by atoms with Crippen LogP contribution in [0.3, 0.4) is 0 Å². The maximum atomic E-state index is 5.79. The number of rotatable bonds is 4. The summed E-state index contributed by atoms with van der Waals surface area (Å²) in [4.78, 5) is 0. The fourth-order valence-corrected chi connectivity index (χ4v) is 7.14. The summed E-state index contributed by atoms with van der Waals surface area (Å²) in [5.74, 6) is 0. The molecule has 0 N–H and O–H groups in total. The average Bonchev–Trinajstić information content (AvgIpc) is 2.96. The van der Waals surface area contributed by atoms with Gasteiger partial charge in [-0.3, -0.25) is 0 Å². The minimum atomic E-state index is -2.90. The Morgan fingerprint density at radius 2 is 1.04 bits per heavy atom. The Kier molecular flexibility index (Phi) is 3.90. The Labute approximate surface area is 165 Å². The molecule has 0 radical (unpaired) electrons. The predicted octanol–water partition coefficient (Wildman–Crippen LogP) is 4.48. The van der Waals surface area contributed by atoms with Crippen molar-refractivity contribution in [1.82, 2.24) is 0 Å². The van der Waals surface area contributed by atoms with Crippen LogP contribution in [0.4, 0.5) is 0 Å². The van der Waals surface area contributed by atoms with E-state index in [4.69, 9.17) is 13.3 Å². The molecule has 0 amide bonds. The minimum Gasteiger partial charge on any atom is -0.373 e. The van der Waals surface area contributed by atoms with Crippen LogP contribution in [0.15, 0.2) is 28.7 Å². The van der Waals surface area contributed by atoms with E-state index in [9.17, 15) is 0 Å². The van der Waals surface area contributed by atoms with Gasteiger partial charge >= 0.3 is 8.80 Å². The van der Waals surface area contributed by atoms with Crippen LogP contribution in [0.2, 0.25) is 0 Å². The van der Waals surface area contributed by atoms with Crippen molar-refractivity contribution in [3.8, 4) is 11.1 Å². The lowest BCUT2D eigenvalue weighted by Gasteiger charge is -2.32. The molecule has 0 atom stereocenters. The Hall–Kier alpha value is -0.983. The molecule has 26 heavy (non-hydrogen) atoms. The number of halogens is 1. The first-order valence-electron chi connectivity index (χ1n) is 8.84. The van der Waals surface area contributed by atoms with Crippen LogP contribution in [0.25, 0.3) is 11.1 Å². The summed E-state index contributed by atoms with van der Waals surface area (Å²) < 4.78 is 18.5. The second-order valence-electron chi connectivity index (χ2n) is 8.24. The van der Waals surface area contributed by atoms with Gasteiger partial charge in [0.25, 0.3) is 0 Å². The second-order valence-corrected chi connectivity index (χ2v) is 12.1. The van der Waals surface area contributed by atoms with Crippen LogP contribution in [0.5, 0.6) is 0 Å². The standard InChI is InChI=1S/C21H25BrO3Si/c1-20(2)14-8-12(22)9-15-18(14)19-16(20)10-13(11-17(19)21(15,3)4)26(23-5,24-6)25-7/h8-11H,1-7H3. The lowest BCUT2D eigenvalue weighted by molar-refractivity contribution is 0.140. The van der Waals surface area contributed by atoms with Crippen molar-refractivity contribution in [3.05, 3.63) is 51.0 Å². The first-order chi connectivity index (χ1) is 12.1. The van der Waals surface area contributed by atoms with Crippen molar-refractivity contribution in [2.45, 2.75) is 38.5 Å². The van der Waals surface area contributed by atoms with Crippen LogP contribution < -0.4 is 5.19 Å². The number of hydrogen-bond acceptors (Lipinski definition) is 3. The molecule has 138 valence electrons. The molecule has 4 rings (SSSR count). The largest absolute Gasteiger partial charge is 0.536 e. The molecule has 2 aromatic rings. The summed E-state index contributed by atoms with van der Waals surface area (Å²) >= 11 is 3.73. The average molecular weight is 433 g/mol. The van der Waals surface area contributed by atoms with E-state index in [0.29, 0.717) is 0 Å². The second kappa shape index (κ2) is 5.52. The molecule has 0 aromatic heterocycles. The molecule has 0 heterocycles. The molecular weight excluding hydrogens is 408 g/mol. The van der Waals surface area contributed by atoms with Gasteiger partial charge < -0.3 is 13.3 Å². The zero-order chi connectivity index (χ0) is 19.1. The molecule has 5 heteroatoms. The fourth-order valence-electron chi connectivity index (χ4n) is 4.83. The van der Waals surface area contributed by atoms with Gasteiger partial charge in [0, 0.05) is 41.8 Å². The van der Waals surface area contributed by atoms with Gasteiger partial charge in [0.1, 0.15) is 0 Å². The predicted molar refractivity (Wildman–Crippen MR) is 110 cm³/mol. The summed E-state index contributed by atoms with van der Waals surface area (Å²) in [6.07, 6.45) is 0. The summed E-state index contributed by atoms with van der Waals surface area (Å²) in [7, 11) is 2.11. The maximum Gasteiger partial charge on any atom is 0.536 e. The molecule has 0 spiro atoms. The SMILES string of the molecule is CO[Si](OC)(OC)c1cc2c3c(c1)C(C)(C)c1cc(Br)cc(c1-3)C2(C)C. The van der Waals surface area contributed by atoms with Gasteiger partial charge in [-0.25, -0.2) is 0 Å². The third kappa shape index (κ3) is 2.04. The van der Waals surface area contributed by atoms with Crippen LogP contribution in [-0.4, -0.2) is 30.1 Å². The highest BCUT2D eigenvalue weighted by Crippen LogP contribution is 2.60. The summed E-state index contributed by atoms with van der Waals surface area (Å²) in [5.41, 5.74) is 8.13. The third-order valence-electron chi connectivity index (χ3n) is 6.34. The van der Waals surface area contributed by atoms with Gasteiger partial charge in [-0.05, 0) is 45.5 Å². The molecule has 3 nitrogen and oxygen atoms in total. The Balaban J connectivity index is 2.10. The molecule has 0 unspecified atom stereocenters. The number of benzene rings is 2. The highest BCUT2D eigenvalue weighted by Gasteiger charge is 2.50. The molecule has 2 aromatic carbocycles. The van der Waals surface area contributed by atoms with Crippen molar-refractivity contribution in [2.75, 3.05) is 21.3 Å². The zero-order valence-corrected chi connectivity index (χ0v) is 19.0. The smallest absolute Gasteiger partial charge is 0.373 e. The van der Waals surface area contributed by atoms with Gasteiger partial charge in [-0.2, -0.15) is 0 Å². The Morgan fingerprint density at radius 3 is 1.38 bits per heavy atom. The highest BCUT2D eigenvalue weighted by atomic mass is 79.9. The van der Waals surface area contributed by atoms with Crippen molar-refractivity contribution in [1.29, 1.82) is 0 Å². The van der Waals surface area contributed by atoms with Gasteiger partial charge in [0.05, 0.1) is 0 Å².